The minimum absolute atomic E-state index is 0.0573. The van der Waals surface area contributed by atoms with Crippen LogP contribution in [0.1, 0.15) is 5.48 Å². The van der Waals surface area contributed by atoms with Crippen LogP contribution in [0.3, 0.4) is 0 Å². The number of para-hydroxylation sites is 1. The molecule has 2 heterocycles. The Hall–Kier alpha value is -7.43. The molecule has 2 aromatic heterocycles. The summed E-state index contributed by atoms with van der Waals surface area (Å²) in [5, 5.41) is 1.25. The zero-order chi connectivity index (χ0) is 40.0. The Kier molecular flexibility index (Phi) is 7.08. The van der Waals surface area contributed by atoms with Gasteiger partial charge in [-0.15, -0.1) is 0 Å². The molecule has 0 N–H and O–H groups in total. The van der Waals surface area contributed by atoms with E-state index in [1.54, 1.807) is 0 Å². The van der Waals surface area contributed by atoms with E-state index in [4.69, 9.17) is 20.4 Å². The molecule has 4 nitrogen and oxygen atoms in total. The van der Waals surface area contributed by atoms with Crippen LogP contribution in [-0.2, 0) is 0 Å². The first-order valence-corrected chi connectivity index (χ1v) is 18.2. The van der Waals surface area contributed by atoms with Gasteiger partial charge in [0, 0.05) is 33.2 Å². The third-order valence-electron chi connectivity index (χ3n) is 10.0. The van der Waals surface area contributed by atoms with E-state index in [0.29, 0.717) is 28.4 Å². The third-order valence-corrected chi connectivity index (χ3v) is 10.0. The van der Waals surface area contributed by atoms with E-state index in [1.165, 1.54) is 0 Å². The van der Waals surface area contributed by atoms with Gasteiger partial charge in [-0.05, 0) is 57.6 Å². The van der Waals surface area contributed by atoms with E-state index in [1.807, 2.05) is 138 Å². The van der Waals surface area contributed by atoms with Crippen LogP contribution in [0.25, 0.3) is 95.0 Å². The highest BCUT2D eigenvalue weighted by atomic mass is 15.0. The molecule has 10 rings (SSSR count). The van der Waals surface area contributed by atoms with Crippen LogP contribution in [0.4, 0.5) is 0 Å². The van der Waals surface area contributed by atoms with E-state index in [9.17, 15) is 0 Å². The lowest BCUT2D eigenvalue weighted by atomic mass is 9.94. The molecule has 0 radical (unpaired) electrons. The summed E-state index contributed by atoms with van der Waals surface area (Å²) in [6, 6.07) is 60.1. The van der Waals surface area contributed by atoms with E-state index < -0.39 is 0 Å². The number of nitrogens with zero attached hydrogens (tertiary/aromatic N) is 4. The maximum absolute atomic E-state index is 9.15. The van der Waals surface area contributed by atoms with Crippen molar-refractivity contribution >= 4 is 21.8 Å². The summed E-state index contributed by atoms with van der Waals surface area (Å²) in [7, 11) is 0. The van der Waals surface area contributed by atoms with Gasteiger partial charge in [-0.2, -0.15) is 0 Å². The predicted octanol–water partition coefficient (Wildman–Crippen LogP) is 13.0. The fourth-order valence-corrected chi connectivity index (χ4v) is 7.33. The lowest BCUT2D eigenvalue weighted by Gasteiger charge is -2.13. The zero-order valence-electron chi connectivity index (χ0n) is 33.6. The molecular weight excluding hydrogens is 669 g/mol. The summed E-state index contributed by atoms with van der Waals surface area (Å²) in [4.78, 5) is 14.6. The normalized spacial score (nSPS) is 12.3. The van der Waals surface area contributed by atoms with Crippen LogP contribution in [-0.4, -0.2) is 19.5 Å². The van der Waals surface area contributed by atoms with Gasteiger partial charge in [-0.1, -0.05) is 182 Å². The van der Waals surface area contributed by atoms with Crippen LogP contribution >= 0.6 is 0 Å². The van der Waals surface area contributed by atoms with Gasteiger partial charge in [0.15, 0.2) is 17.5 Å². The van der Waals surface area contributed by atoms with Crippen LogP contribution in [0.5, 0.6) is 0 Å². The van der Waals surface area contributed by atoms with Gasteiger partial charge in [0.1, 0.15) is 0 Å². The minimum atomic E-state index is -0.267. The Balaban J connectivity index is 1.10. The molecule has 10 aromatic rings. The Labute approximate surface area is 325 Å². The summed E-state index contributed by atoms with van der Waals surface area (Å²) in [5.41, 5.74) is 10.8. The Morgan fingerprint density at radius 2 is 0.836 bits per heavy atom. The lowest BCUT2D eigenvalue weighted by Crippen LogP contribution is -2.00. The molecule has 0 spiro atoms. The second-order valence-electron chi connectivity index (χ2n) is 13.4. The lowest BCUT2D eigenvalue weighted by molar-refractivity contribution is 1.07. The zero-order valence-corrected chi connectivity index (χ0v) is 29.6. The average molecular weight is 707 g/mol. The molecular formula is C51H34N4. The van der Waals surface area contributed by atoms with Crippen molar-refractivity contribution in [1.82, 2.24) is 19.5 Å². The van der Waals surface area contributed by atoms with Crippen molar-refractivity contribution < 1.29 is 5.48 Å². The van der Waals surface area contributed by atoms with Crippen molar-refractivity contribution in [2.45, 2.75) is 0 Å². The molecule has 4 heteroatoms. The van der Waals surface area contributed by atoms with Crippen molar-refractivity contribution in [3.63, 3.8) is 0 Å². The number of aromatic nitrogens is 4. The van der Waals surface area contributed by atoms with Crippen molar-refractivity contribution in [3.05, 3.63) is 206 Å². The summed E-state index contributed by atoms with van der Waals surface area (Å²) in [6.07, 6.45) is 0. The van der Waals surface area contributed by atoms with Gasteiger partial charge in [0.2, 0.25) is 0 Å². The Morgan fingerprint density at radius 3 is 1.47 bits per heavy atom. The molecule has 55 heavy (non-hydrogen) atoms. The number of hydrogen-bond acceptors (Lipinski definition) is 3. The second-order valence-corrected chi connectivity index (χ2v) is 13.4. The maximum Gasteiger partial charge on any atom is 0.164 e. The molecule has 8 aromatic carbocycles. The summed E-state index contributed by atoms with van der Waals surface area (Å²) >= 11 is 0. The first-order chi connectivity index (χ1) is 28.9. The van der Waals surface area contributed by atoms with Crippen LogP contribution in [0.15, 0.2) is 206 Å². The van der Waals surface area contributed by atoms with E-state index >= 15 is 0 Å². The molecule has 0 amide bonds. The van der Waals surface area contributed by atoms with E-state index in [2.05, 4.69) is 48.5 Å². The van der Waals surface area contributed by atoms with Gasteiger partial charge < -0.3 is 4.57 Å². The summed E-state index contributed by atoms with van der Waals surface area (Å²) in [5.74, 6) is 1.77. The average Bonchev–Trinajstić information content (AvgIpc) is 3.66. The van der Waals surface area contributed by atoms with Crippen molar-refractivity contribution in [1.29, 1.82) is 0 Å². The summed E-state index contributed by atoms with van der Waals surface area (Å²) < 4.78 is 37.4. The number of fused-ring (bicyclic) bond motifs is 3. The highest BCUT2D eigenvalue weighted by molar-refractivity contribution is 6.10. The number of benzene rings is 8. The van der Waals surface area contributed by atoms with E-state index in [-0.39, 0.29) is 24.2 Å². The van der Waals surface area contributed by atoms with Gasteiger partial charge >= 0.3 is 0 Å². The predicted molar refractivity (Wildman–Crippen MR) is 227 cm³/mol. The fraction of sp³-hybridized carbons (Fsp3) is 0. The molecule has 0 bridgehead atoms. The smallest absolute Gasteiger partial charge is 0.164 e. The van der Waals surface area contributed by atoms with Gasteiger partial charge in [0.25, 0.3) is 0 Å². The first-order valence-electron chi connectivity index (χ1n) is 20.2. The first kappa shape index (κ1) is 28.1. The van der Waals surface area contributed by atoms with Gasteiger partial charge in [-0.3, -0.25) is 0 Å². The molecule has 0 saturated heterocycles. The van der Waals surface area contributed by atoms with Crippen molar-refractivity contribution in [2.75, 3.05) is 0 Å². The van der Waals surface area contributed by atoms with Gasteiger partial charge in [0.05, 0.1) is 16.5 Å². The third kappa shape index (κ3) is 6.06. The quantitative estimate of drug-likeness (QED) is 0.166. The van der Waals surface area contributed by atoms with Crippen molar-refractivity contribution in [3.8, 4) is 73.2 Å². The molecule has 0 atom stereocenters. The largest absolute Gasteiger partial charge is 0.309 e. The second kappa shape index (κ2) is 13.8. The van der Waals surface area contributed by atoms with Crippen LogP contribution < -0.4 is 0 Å². The standard InChI is InChI=1S/C51H34N4/c1-4-15-36(16-5-1)43-23-10-11-24-44(43)41-31-32-46-45-25-12-13-26-47(45)55(48(46)34-41)42-22-14-21-40(33-42)35-27-29-39(30-28-35)51-53-49(37-17-6-2-7-18-37)52-50(54-51)38-19-8-3-9-20-38/h1-34H/i12D,13D,25D,26D. The summed E-state index contributed by atoms with van der Waals surface area (Å²) in [6.45, 7) is 0. The number of hydrogen-bond donors (Lipinski definition) is 0. The highest BCUT2D eigenvalue weighted by Gasteiger charge is 2.16. The Bertz CT molecular complexity index is 3130. The Morgan fingerprint density at radius 1 is 0.345 bits per heavy atom. The molecule has 0 aliphatic carbocycles. The van der Waals surface area contributed by atoms with Crippen LogP contribution in [0, 0.1) is 0 Å². The SMILES string of the molecule is [2H]c1c([2H])c([2H])c2c(c1[2H])c1ccc(-c3ccccc3-c3ccccc3)cc1n2-c1cccc(-c2ccc(-c3nc(-c4ccccc4)nc(-c4ccccc4)n3)cc2)c1. The highest BCUT2D eigenvalue weighted by Crippen LogP contribution is 2.38. The molecule has 258 valence electrons. The molecule has 0 aliphatic heterocycles. The van der Waals surface area contributed by atoms with Crippen molar-refractivity contribution in [2.24, 2.45) is 0 Å². The molecule has 0 saturated carbocycles. The van der Waals surface area contributed by atoms with E-state index in [0.717, 1.165) is 66.7 Å². The van der Waals surface area contributed by atoms with Crippen LogP contribution in [0.2, 0.25) is 0 Å². The molecule has 0 fully saturated rings. The van der Waals surface area contributed by atoms with Gasteiger partial charge in [-0.25, -0.2) is 15.0 Å². The topological polar surface area (TPSA) is 43.6 Å². The minimum Gasteiger partial charge on any atom is -0.309 e. The monoisotopic (exact) mass is 706 g/mol. The maximum atomic E-state index is 9.15. The number of rotatable bonds is 7. The fourth-order valence-electron chi connectivity index (χ4n) is 7.33. The molecule has 0 aliphatic rings. The molecule has 0 unspecified atom stereocenters.